The molecule has 0 bridgehead atoms. The molecule has 0 heterocycles. The van der Waals surface area contributed by atoms with Crippen molar-refractivity contribution in [3.05, 3.63) is 0 Å². The summed E-state index contributed by atoms with van der Waals surface area (Å²) in [5.41, 5.74) is 0.278. The Morgan fingerprint density at radius 1 is 1.29 bits per heavy atom. The Morgan fingerprint density at radius 3 is 2.29 bits per heavy atom. The van der Waals surface area contributed by atoms with Gasteiger partial charge in [0.25, 0.3) is 0 Å². The lowest BCUT2D eigenvalue weighted by molar-refractivity contribution is -0.122. The summed E-state index contributed by atoms with van der Waals surface area (Å²) in [5, 5.41) is 4.39. The van der Waals surface area contributed by atoms with Gasteiger partial charge in [-0.3, -0.25) is 0 Å². The first-order valence-electron chi connectivity index (χ1n) is 5.79. The summed E-state index contributed by atoms with van der Waals surface area (Å²) in [5.74, 6) is 0. The summed E-state index contributed by atoms with van der Waals surface area (Å²) in [7, 11) is 0. The van der Waals surface area contributed by atoms with Crippen LogP contribution in [0.3, 0.4) is 0 Å². The molecular weight excluding hydrogens is 233 g/mol. The van der Waals surface area contributed by atoms with Crippen molar-refractivity contribution < 1.29 is 18.0 Å². The lowest BCUT2D eigenvalue weighted by Gasteiger charge is -2.34. The molecule has 2 N–H and O–H groups in total. The van der Waals surface area contributed by atoms with E-state index in [2.05, 4.69) is 19.2 Å². The topological polar surface area (TPSA) is 41.1 Å². The average Bonchev–Trinajstić information content (AvgIpc) is 2.17. The largest absolute Gasteiger partial charge is 0.405 e. The van der Waals surface area contributed by atoms with Crippen molar-refractivity contribution in [3.63, 3.8) is 0 Å². The Hall–Kier alpha value is -0.940. The summed E-state index contributed by atoms with van der Waals surface area (Å²) in [4.78, 5) is 11.2. The number of hydrogen-bond donors (Lipinski definition) is 2. The highest BCUT2D eigenvalue weighted by Crippen LogP contribution is 2.34. The third kappa shape index (κ3) is 5.79. The number of alkyl halides is 3. The van der Waals surface area contributed by atoms with Crippen LogP contribution in [0.25, 0.3) is 0 Å². The smallest absolute Gasteiger partial charge is 0.335 e. The van der Waals surface area contributed by atoms with Crippen LogP contribution in [0.15, 0.2) is 0 Å². The van der Waals surface area contributed by atoms with Gasteiger partial charge in [0, 0.05) is 6.04 Å². The molecule has 0 aromatic heterocycles. The second kappa shape index (κ2) is 5.14. The monoisotopic (exact) mass is 252 g/mol. The summed E-state index contributed by atoms with van der Waals surface area (Å²) in [6.07, 6.45) is -0.737. The fraction of sp³-hybridized carbons (Fsp3) is 0.909. The number of hydrogen-bond acceptors (Lipinski definition) is 1. The molecule has 6 heteroatoms. The van der Waals surface area contributed by atoms with E-state index in [-0.39, 0.29) is 11.5 Å². The van der Waals surface area contributed by atoms with Crippen LogP contribution in [0.1, 0.15) is 39.5 Å². The van der Waals surface area contributed by atoms with Gasteiger partial charge < -0.3 is 10.6 Å². The molecule has 2 amide bonds. The van der Waals surface area contributed by atoms with Crippen LogP contribution in [-0.4, -0.2) is 24.8 Å². The molecule has 1 aliphatic carbocycles. The average molecular weight is 252 g/mol. The van der Waals surface area contributed by atoms with Gasteiger partial charge in [-0.05, 0) is 31.1 Å². The highest BCUT2D eigenvalue weighted by atomic mass is 19.4. The molecule has 3 nitrogen and oxygen atoms in total. The zero-order chi connectivity index (χ0) is 13.1. The SMILES string of the molecule is CC1(C)CCC(NC(=O)NCC(F)(F)F)CC1. The van der Waals surface area contributed by atoms with Crippen LogP contribution in [-0.2, 0) is 0 Å². The van der Waals surface area contributed by atoms with Crippen molar-refractivity contribution in [2.75, 3.05) is 6.54 Å². The van der Waals surface area contributed by atoms with E-state index in [4.69, 9.17) is 0 Å². The molecule has 1 fully saturated rings. The minimum absolute atomic E-state index is 0.00346. The van der Waals surface area contributed by atoms with E-state index in [9.17, 15) is 18.0 Å². The molecule has 100 valence electrons. The Labute approximate surface area is 99.1 Å². The van der Waals surface area contributed by atoms with E-state index in [0.717, 1.165) is 25.7 Å². The molecule has 17 heavy (non-hydrogen) atoms. The van der Waals surface area contributed by atoms with E-state index in [1.165, 1.54) is 0 Å². The molecule has 0 radical (unpaired) electrons. The highest BCUT2D eigenvalue weighted by Gasteiger charge is 2.30. The third-order valence-corrected chi connectivity index (χ3v) is 3.12. The van der Waals surface area contributed by atoms with Crippen LogP contribution in [0.2, 0.25) is 0 Å². The molecule has 1 rings (SSSR count). The van der Waals surface area contributed by atoms with Crippen LogP contribution in [0.4, 0.5) is 18.0 Å². The Kier molecular flexibility index (Phi) is 4.27. The fourth-order valence-corrected chi connectivity index (χ4v) is 1.96. The fourth-order valence-electron chi connectivity index (χ4n) is 1.96. The number of amides is 2. The maximum atomic E-state index is 11.9. The first-order valence-corrected chi connectivity index (χ1v) is 5.79. The first-order chi connectivity index (χ1) is 7.68. The number of rotatable bonds is 2. The van der Waals surface area contributed by atoms with E-state index < -0.39 is 18.8 Å². The van der Waals surface area contributed by atoms with Gasteiger partial charge in [-0.2, -0.15) is 13.2 Å². The van der Waals surface area contributed by atoms with Crippen molar-refractivity contribution in [2.45, 2.75) is 51.7 Å². The number of carbonyl (C=O) groups excluding carboxylic acids is 1. The Balaban J connectivity index is 2.24. The van der Waals surface area contributed by atoms with Gasteiger partial charge in [0.2, 0.25) is 0 Å². The summed E-state index contributed by atoms with van der Waals surface area (Å²) in [6, 6.07) is -0.733. The molecule has 0 aromatic rings. The summed E-state index contributed by atoms with van der Waals surface area (Å²) in [6.45, 7) is 3.04. The predicted octanol–water partition coefficient (Wildman–Crippen LogP) is 2.82. The van der Waals surface area contributed by atoms with Gasteiger partial charge in [0.1, 0.15) is 6.54 Å². The van der Waals surface area contributed by atoms with Gasteiger partial charge in [-0.25, -0.2) is 4.79 Å². The first kappa shape index (κ1) is 14.1. The second-order valence-electron chi connectivity index (χ2n) is 5.38. The lowest BCUT2D eigenvalue weighted by atomic mass is 9.76. The summed E-state index contributed by atoms with van der Waals surface area (Å²) < 4.78 is 35.6. The highest BCUT2D eigenvalue weighted by molar-refractivity contribution is 5.74. The minimum atomic E-state index is -4.36. The van der Waals surface area contributed by atoms with E-state index in [0.29, 0.717) is 0 Å². The minimum Gasteiger partial charge on any atom is -0.335 e. The molecule has 0 unspecified atom stereocenters. The van der Waals surface area contributed by atoms with Crippen LogP contribution < -0.4 is 10.6 Å². The van der Waals surface area contributed by atoms with Crippen LogP contribution in [0, 0.1) is 5.41 Å². The van der Waals surface area contributed by atoms with Gasteiger partial charge in [0.05, 0.1) is 0 Å². The van der Waals surface area contributed by atoms with Crippen molar-refractivity contribution in [1.29, 1.82) is 0 Å². The second-order valence-corrected chi connectivity index (χ2v) is 5.38. The van der Waals surface area contributed by atoms with Crippen molar-refractivity contribution in [1.82, 2.24) is 10.6 Å². The quantitative estimate of drug-likeness (QED) is 0.779. The molecule has 0 spiro atoms. The van der Waals surface area contributed by atoms with Crippen LogP contribution >= 0.6 is 0 Å². The standard InChI is InChI=1S/C11H19F3N2O/c1-10(2)5-3-8(4-6-10)16-9(17)15-7-11(12,13)14/h8H,3-7H2,1-2H3,(H2,15,16,17). The predicted molar refractivity (Wildman–Crippen MR) is 58.6 cm³/mol. The number of carbonyl (C=O) groups is 1. The number of halogens is 3. The van der Waals surface area contributed by atoms with E-state index in [1.54, 1.807) is 0 Å². The molecule has 0 aliphatic heterocycles. The van der Waals surface area contributed by atoms with Gasteiger partial charge in [-0.15, -0.1) is 0 Å². The number of urea groups is 1. The van der Waals surface area contributed by atoms with Crippen molar-refractivity contribution >= 4 is 6.03 Å². The normalized spacial score (nSPS) is 21.0. The Bertz CT molecular complexity index is 266. The summed E-state index contributed by atoms with van der Waals surface area (Å²) >= 11 is 0. The van der Waals surface area contributed by atoms with Crippen molar-refractivity contribution in [2.24, 2.45) is 5.41 Å². The van der Waals surface area contributed by atoms with E-state index in [1.807, 2.05) is 5.32 Å². The molecule has 0 aromatic carbocycles. The zero-order valence-electron chi connectivity index (χ0n) is 10.2. The molecule has 1 aliphatic rings. The maximum Gasteiger partial charge on any atom is 0.405 e. The Morgan fingerprint density at radius 2 is 1.82 bits per heavy atom. The third-order valence-electron chi connectivity index (χ3n) is 3.12. The van der Waals surface area contributed by atoms with Gasteiger partial charge in [0.15, 0.2) is 0 Å². The maximum absolute atomic E-state index is 11.9. The number of nitrogens with one attached hydrogen (secondary N) is 2. The molecular formula is C11H19F3N2O. The van der Waals surface area contributed by atoms with Gasteiger partial charge in [-0.1, -0.05) is 13.8 Å². The zero-order valence-corrected chi connectivity index (χ0v) is 10.2. The molecule has 0 atom stereocenters. The lowest BCUT2D eigenvalue weighted by Crippen LogP contribution is -2.46. The van der Waals surface area contributed by atoms with Gasteiger partial charge >= 0.3 is 12.2 Å². The molecule has 1 saturated carbocycles. The van der Waals surface area contributed by atoms with Crippen LogP contribution in [0.5, 0.6) is 0 Å². The van der Waals surface area contributed by atoms with E-state index >= 15 is 0 Å². The molecule has 0 saturated heterocycles. The van der Waals surface area contributed by atoms with Crippen molar-refractivity contribution in [3.8, 4) is 0 Å².